The summed E-state index contributed by atoms with van der Waals surface area (Å²) in [6.45, 7) is 10.2. The molecule has 160 valence electrons. The molecule has 0 fully saturated rings. The van der Waals surface area contributed by atoms with E-state index >= 15 is 0 Å². The molecule has 2 nitrogen and oxygen atoms in total. The van der Waals surface area contributed by atoms with Crippen LogP contribution in [0.25, 0.3) is 0 Å². The molecule has 0 aromatic carbocycles. The van der Waals surface area contributed by atoms with Crippen LogP contribution in [-0.2, 0) is 0 Å². The van der Waals surface area contributed by atoms with E-state index in [-0.39, 0.29) is 11.7 Å². The van der Waals surface area contributed by atoms with Crippen molar-refractivity contribution in [3.63, 3.8) is 0 Å². The van der Waals surface area contributed by atoms with E-state index in [1.54, 1.807) is 0 Å². The summed E-state index contributed by atoms with van der Waals surface area (Å²) < 4.78 is 0. The van der Waals surface area contributed by atoms with Crippen molar-refractivity contribution in [1.29, 1.82) is 0 Å². The Morgan fingerprint density at radius 2 is 1.15 bits per heavy atom. The molecule has 0 aromatic rings. The van der Waals surface area contributed by atoms with Gasteiger partial charge in [0.1, 0.15) is 0 Å². The van der Waals surface area contributed by atoms with Crippen LogP contribution in [0.5, 0.6) is 0 Å². The van der Waals surface area contributed by atoms with Gasteiger partial charge in [-0.1, -0.05) is 90.4 Å². The van der Waals surface area contributed by atoms with E-state index in [1.165, 1.54) is 96.3 Å². The Labute approximate surface area is 171 Å². The van der Waals surface area contributed by atoms with Crippen LogP contribution < -0.4 is 11.5 Å². The molecule has 0 aliphatic heterocycles. The predicted octanol–water partition coefficient (Wildman–Crippen LogP) is 8.41. The van der Waals surface area contributed by atoms with Crippen molar-refractivity contribution in [1.82, 2.24) is 11.5 Å². The minimum atomic E-state index is 0. The first-order chi connectivity index (χ1) is 12.0. The maximum atomic E-state index is 6.00. The topological polar surface area (TPSA) is 47.0 Å². The number of hydrogen-bond acceptors (Lipinski definition) is 2. The van der Waals surface area contributed by atoms with Gasteiger partial charge in [-0.15, -0.1) is 11.6 Å². The summed E-state index contributed by atoms with van der Waals surface area (Å²) in [5.41, 5.74) is 0.285. The highest BCUT2D eigenvalue weighted by Crippen LogP contribution is 2.17. The van der Waals surface area contributed by atoms with Gasteiger partial charge in [-0.25, -0.2) is 0 Å². The van der Waals surface area contributed by atoms with Crippen LogP contribution in [0.15, 0.2) is 0 Å². The first-order valence-electron chi connectivity index (χ1n) is 11.4. The molecule has 0 saturated carbocycles. The van der Waals surface area contributed by atoms with Crippen LogP contribution in [0.4, 0.5) is 0 Å². The molecule has 4 N–H and O–H groups in total. The number of alkyl halides is 1. The van der Waals surface area contributed by atoms with Crippen molar-refractivity contribution >= 4 is 11.6 Å². The Morgan fingerprint density at radius 1 is 0.731 bits per heavy atom. The van der Waals surface area contributed by atoms with Gasteiger partial charge in [0.25, 0.3) is 0 Å². The lowest BCUT2D eigenvalue weighted by Crippen LogP contribution is -2.39. The fraction of sp³-hybridized carbons (Fsp3) is 1.00. The van der Waals surface area contributed by atoms with E-state index in [0.29, 0.717) is 5.38 Å². The smallest absolute Gasteiger partial charge is 0.0308 e. The van der Waals surface area contributed by atoms with Gasteiger partial charge in [0.05, 0.1) is 0 Å². The Balaban J connectivity index is 0. The summed E-state index contributed by atoms with van der Waals surface area (Å²) in [7, 11) is 0. The van der Waals surface area contributed by atoms with E-state index in [2.05, 4.69) is 33.0 Å². The van der Waals surface area contributed by atoms with Gasteiger partial charge < -0.3 is 11.5 Å². The fourth-order valence-corrected chi connectivity index (χ4v) is 3.64. The van der Waals surface area contributed by atoms with Crippen LogP contribution in [0.3, 0.4) is 0 Å². The lowest BCUT2D eigenvalue weighted by molar-refractivity contribution is 0.343. The summed E-state index contributed by atoms with van der Waals surface area (Å²) >= 11 is 6.00. The molecule has 0 radical (unpaired) electrons. The zero-order chi connectivity index (χ0) is 18.8. The molecule has 0 amide bonds. The molecule has 1 unspecified atom stereocenters. The molecule has 1 atom stereocenters. The average Bonchev–Trinajstić information content (AvgIpc) is 2.56. The third-order valence-electron chi connectivity index (χ3n) is 5.29. The summed E-state index contributed by atoms with van der Waals surface area (Å²) in [6, 6.07) is 0. The van der Waals surface area contributed by atoms with E-state index in [0.717, 1.165) is 13.0 Å². The number of unbranched alkanes of at least 4 members (excludes halogenated alkanes) is 12. The highest BCUT2D eigenvalue weighted by molar-refractivity contribution is 6.20. The molecule has 0 aromatic heterocycles. The van der Waals surface area contributed by atoms with Crippen LogP contribution in [0.2, 0.25) is 0 Å². The number of rotatable bonds is 19. The van der Waals surface area contributed by atoms with Crippen LogP contribution in [0, 0.1) is 0 Å². The molecule has 0 heterocycles. The predicted molar refractivity (Wildman–Crippen MR) is 122 cm³/mol. The quantitative estimate of drug-likeness (QED) is 0.172. The second kappa shape index (κ2) is 20.0. The molecule has 0 aliphatic rings. The molecule has 0 aliphatic carbocycles. The number of halogens is 1. The lowest BCUT2D eigenvalue weighted by atomic mass is 9.95. The zero-order valence-electron chi connectivity index (χ0n) is 18.7. The molecular formula is C23H51ClN2. The van der Waals surface area contributed by atoms with Gasteiger partial charge >= 0.3 is 0 Å². The molecule has 0 spiro atoms. The maximum Gasteiger partial charge on any atom is 0.0308 e. The molecule has 0 saturated heterocycles. The molecule has 0 rings (SSSR count). The first kappa shape index (κ1) is 28.4. The van der Waals surface area contributed by atoms with Crippen molar-refractivity contribution in [2.24, 2.45) is 0 Å². The minimum Gasteiger partial charge on any atom is -0.344 e. The normalized spacial score (nSPS) is 12.8. The highest BCUT2D eigenvalue weighted by atomic mass is 35.5. The third-order valence-corrected chi connectivity index (χ3v) is 5.51. The highest BCUT2D eigenvalue weighted by Gasteiger charge is 2.15. The SMILES string of the molecule is CCCCCCCCCCCCCCCC(C)(C)NCCCC(C)Cl.N. The second-order valence-electron chi connectivity index (χ2n) is 8.73. The average molecular weight is 391 g/mol. The number of nitrogens with one attached hydrogen (secondary N) is 1. The third kappa shape index (κ3) is 22.3. The molecular weight excluding hydrogens is 340 g/mol. The van der Waals surface area contributed by atoms with Crippen molar-refractivity contribution in [3.05, 3.63) is 0 Å². The standard InChI is InChI=1S/C23H48ClN.H3N/c1-5-6-7-8-9-10-11-12-13-14-15-16-17-20-23(3,4)25-21-18-19-22(2)24;/h22,25H,5-21H2,1-4H3;1H3. The van der Waals surface area contributed by atoms with Crippen LogP contribution in [0.1, 0.15) is 130 Å². The van der Waals surface area contributed by atoms with Gasteiger partial charge in [-0.05, 0) is 46.6 Å². The van der Waals surface area contributed by atoms with E-state index in [4.69, 9.17) is 11.6 Å². The van der Waals surface area contributed by atoms with Crippen LogP contribution >= 0.6 is 11.6 Å². The fourth-order valence-electron chi connectivity index (χ4n) is 3.48. The van der Waals surface area contributed by atoms with E-state index < -0.39 is 0 Å². The second-order valence-corrected chi connectivity index (χ2v) is 9.47. The Morgan fingerprint density at radius 3 is 1.58 bits per heavy atom. The van der Waals surface area contributed by atoms with Crippen LogP contribution in [-0.4, -0.2) is 17.5 Å². The number of hydrogen-bond donors (Lipinski definition) is 2. The Hall–Kier alpha value is 0.210. The summed E-state index contributed by atoms with van der Waals surface area (Å²) in [5.74, 6) is 0. The Kier molecular flexibility index (Phi) is 21.8. The molecule has 3 heteroatoms. The lowest BCUT2D eigenvalue weighted by Gasteiger charge is -2.26. The van der Waals surface area contributed by atoms with Crippen molar-refractivity contribution in [2.75, 3.05) is 6.54 Å². The molecule has 0 bridgehead atoms. The van der Waals surface area contributed by atoms with Gasteiger partial charge in [0, 0.05) is 10.9 Å². The maximum absolute atomic E-state index is 6.00. The summed E-state index contributed by atoms with van der Waals surface area (Å²) in [5, 5.41) is 4.01. The van der Waals surface area contributed by atoms with Gasteiger partial charge in [0.15, 0.2) is 0 Å². The van der Waals surface area contributed by atoms with E-state index in [9.17, 15) is 0 Å². The van der Waals surface area contributed by atoms with Crippen molar-refractivity contribution in [3.8, 4) is 0 Å². The summed E-state index contributed by atoms with van der Waals surface area (Å²) in [4.78, 5) is 0. The van der Waals surface area contributed by atoms with E-state index in [1.807, 2.05) is 0 Å². The van der Waals surface area contributed by atoms with Crippen molar-refractivity contribution < 1.29 is 0 Å². The van der Waals surface area contributed by atoms with Crippen molar-refractivity contribution in [2.45, 2.75) is 141 Å². The van der Waals surface area contributed by atoms with Gasteiger partial charge in [-0.2, -0.15) is 0 Å². The van der Waals surface area contributed by atoms with Gasteiger partial charge in [0.2, 0.25) is 0 Å². The minimum absolute atomic E-state index is 0. The monoisotopic (exact) mass is 390 g/mol. The molecule has 26 heavy (non-hydrogen) atoms. The zero-order valence-corrected chi connectivity index (χ0v) is 19.4. The Bertz CT molecular complexity index is 267. The first-order valence-corrected chi connectivity index (χ1v) is 11.8. The van der Waals surface area contributed by atoms with Gasteiger partial charge in [-0.3, -0.25) is 0 Å². The largest absolute Gasteiger partial charge is 0.344 e. The summed E-state index contributed by atoms with van der Waals surface area (Å²) in [6.07, 6.45) is 22.2.